The van der Waals surface area contributed by atoms with Crippen LogP contribution in [0.1, 0.15) is 16.1 Å². The summed E-state index contributed by atoms with van der Waals surface area (Å²) in [5, 5.41) is 10.7. The fourth-order valence-corrected chi connectivity index (χ4v) is 4.73. The number of hydrogen-bond acceptors (Lipinski definition) is 4. The molecular formula is C17H17NO4S. The molecule has 0 saturated carbocycles. The molecule has 0 bridgehead atoms. The average molecular weight is 331 g/mol. The molecule has 1 amide bonds. The van der Waals surface area contributed by atoms with Gasteiger partial charge >= 0.3 is 5.97 Å². The third kappa shape index (κ3) is 2.24. The second kappa shape index (κ2) is 5.32. The first-order valence-electron chi connectivity index (χ1n) is 7.69. The quantitative estimate of drug-likeness (QED) is 0.918. The van der Waals surface area contributed by atoms with Crippen molar-refractivity contribution in [1.82, 2.24) is 4.90 Å². The molecule has 0 radical (unpaired) electrons. The maximum Gasteiger partial charge on any atom is 0.311 e. The number of rotatable bonds is 2. The number of nitrogens with zero attached hydrogens (tertiary/aromatic N) is 1. The minimum Gasteiger partial charge on any atom is -0.481 e. The van der Waals surface area contributed by atoms with Crippen molar-refractivity contribution < 1.29 is 19.4 Å². The van der Waals surface area contributed by atoms with E-state index >= 15 is 0 Å². The number of likely N-dealkylation sites (tertiary alicyclic amines) is 1. The fraction of sp³-hybridized carbons (Fsp3) is 0.412. The first kappa shape index (κ1) is 14.7. The number of benzene rings is 1. The number of carbonyl (C=O) groups excluding carboxylic acids is 1. The van der Waals surface area contributed by atoms with E-state index in [0.717, 1.165) is 10.1 Å². The second-order valence-corrected chi connectivity index (χ2v) is 7.40. The lowest BCUT2D eigenvalue weighted by Crippen LogP contribution is -2.45. The predicted octanol–water partition coefficient (Wildman–Crippen LogP) is 2.46. The van der Waals surface area contributed by atoms with Crippen molar-refractivity contribution in [1.29, 1.82) is 0 Å². The lowest BCUT2D eigenvalue weighted by atomic mass is 9.74. The molecule has 2 saturated heterocycles. The molecule has 6 heteroatoms. The minimum absolute atomic E-state index is 0.0683. The Balaban J connectivity index is 1.63. The summed E-state index contributed by atoms with van der Waals surface area (Å²) >= 11 is 1.46. The summed E-state index contributed by atoms with van der Waals surface area (Å²) in [5.41, 5.74) is -0.843. The maximum atomic E-state index is 12.8. The third-order valence-corrected chi connectivity index (χ3v) is 6.16. The molecule has 1 N–H and O–H groups in total. The van der Waals surface area contributed by atoms with E-state index in [9.17, 15) is 14.7 Å². The topological polar surface area (TPSA) is 66.8 Å². The summed E-state index contributed by atoms with van der Waals surface area (Å²) in [5.74, 6) is -0.995. The van der Waals surface area contributed by atoms with Gasteiger partial charge in [0.25, 0.3) is 5.91 Å². The SMILES string of the molecule is O=C(c1cc2ccccc2s1)N1C[C@H]2COCC[C@@]2(C(=O)O)C1. The van der Waals surface area contributed by atoms with Crippen LogP contribution in [0, 0.1) is 11.3 Å². The largest absolute Gasteiger partial charge is 0.481 e. The molecule has 0 unspecified atom stereocenters. The van der Waals surface area contributed by atoms with Crippen LogP contribution in [-0.4, -0.2) is 48.2 Å². The number of fused-ring (bicyclic) bond motifs is 2. The van der Waals surface area contributed by atoms with Gasteiger partial charge in [-0.15, -0.1) is 11.3 Å². The molecule has 5 nitrogen and oxygen atoms in total. The molecule has 3 heterocycles. The van der Waals surface area contributed by atoms with Gasteiger partial charge in [0, 0.05) is 30.3 Å². The third-order valence-electron chi connectivity index (χ3n) is 5.06. The van der Waals surface area contributed by atoms with Crippen molar-refractivity contribution in [3.63, 3.8) is 0 Å². The number of amides is 1. The lowest BCUT2D eigenvalue weighted by Gasteiger charge is -2.33. The molecule has 2 aliphatic heterocycles. The highest BCUT2D eigenvalue weighted by Crippen LogP contribution is 2.43. The highest BCUT2D eigenvalue weighted by molar-refractivity contribution is 7.20. The van der Waals surface area contributed by atoms with Gasteiger partial charge in [-0.2, -0.15) is 0 Å². The van der Waals surface area contributed by atoms with Crippen LogP contribution in [0.25, 0.3) is 10.1 Å². The zero-order valence-corrected chi connectivity index (χ0v) is 13.3. The Morgan fingerprint density at radius 1 is 1.35 bits per heavy atom. The maximum absolute atomic E-state index is 12.8. The fourth-order valence-electron chi connectivity index (χ4n) is 3.70. The summed E-state index contributed by atoms with van der Waals surface area (Å²) in [7, 11) is 0. The van der Waals surface area contributed by atoms with Crippen molar-refractivity contribution in [2.24, 2.45) is 11.3 Å². The lowest BCUT2D eigenvalue weighted by molar-refractivity contribution is -0.157. The number of hydrogen-bond donors (Lipinski definition) is 1. The number of carboxylic acids is 1. The van der Waals surface area contributed by atoms with Gasteiger partial charge < -0.3 is 14.7 Å². The zero-order chi connectivity index (χ0) is 16.0. The normalized spacial score (nSPS) is 27.1. The summed E-state index contributed by atoms with van der Waals surface area (Å²) in [6.45, 7) is 1.61. The summed E-state index contributed by atoms with van der Waals surface area (Å²) < 4.78 is 6.51. The van der Waals surface area contributed by atoms with E-state index < -0.39 is 11.4 Å². The van der Waals surface area contributed by atoms with Gasteiger partial charge in [-0.3, -0.25) is 9.59 Å². The van der Waals surface area contributed by atoms with E-state index in [-0.39, 0.29) is 18.4 Å². The van der Waals surface area contributed by atoms with Gasteiger partial charge in [-0.05, 0) is 23.9 Å². The molecule has 1 aromatic heterocycles. The number of thiophene rings is 1. The highest BCUT2D eigenvalue weighted by Gasteiger charge is 2.55. The average Bonchev–Trinajstić information content (AvgIpc) is 3.16. The van der Waals surface area contributed by atoms with Crippen LogP contribution in [0.4, 0.5) is 0 Å². The highest BCUT2D eigenvalue weighted by atomic mass is 32.1. The van der Waals surface area contributed by atoms with Gasteiger partial charge in [0.05, 0.1) is 16.9 Å². The van der Waals surface area contributed by atoms with Gasteiger partial charge in [0.15, 0.2) is 0 Å². The Bertz CT molecular complexity index is 753. The zero-order valence-electron chi connectivity index (χ0n) is 12.5. The van der Waals surface area contributed by atoms with E-state index in [2.05, 4.69) is 0 Å². The van der Waals surface area contributed by atoms with E-state index in [1.54, 1.807) is 4.90 Å². The van der Waals surface area contributed by atoms with Crippen molar-refractivity contribution in [2.75, 3.05) is 26.3 Å². The van der Waals surface area contributed by atoms with Crippen molar-refractivity contribution >= 4 is 33.3 Å². The molecule has 4 rings (SSSR count). The molecule has 2 atom stereocenters. The van der Waals surface area contributed by atoms with Gasteiger partial charge in [-0.25, -0.2) is 0 Å². The molecule has 2 aromatic rings. The first-order chi connectivity index (χ1) is 11.1. The van der Waals surface area contributed by atoms with Crippen molar-refractivity contribution in [2.45, 2.75) is 6.42 Å². The Labute approximate surface area is 137 Å². The van der Waals surface area contributed by atoms with Crippen LogP contribution in [0.15, 0.2) is 30.3 Å². The standard InChI is InChI=1S/C17H17NO4S/c19-15(14-7-11-3-1-2-4-13(11)23-14)18-8-12-9-22-6-5-17(12,10-18)16(20)21/h1-4,7,12H,5-6,8-10H2,(H,20,21)/t12-,17+/m0/s1. The Hall–Kier alpha value is -1.92. The second-order valence-electron chi connectivity index (χ2n) is 6.32. The van der Waals surface area contributed by atoms with Crippen LogP contribution in [-0.2, 0) is 9.53 Å². The predicted molar refractivity (Wildman–Crippen MR) is 86.7 cm³/mol. The molecule has 120 valence electrons. The molecule has 1 aromatic carbocycles. The summed E-state index contributed by atoms with van der Waals surface area (Å²) in [6, 6.07) is 9.78. The Morgan fingerprint density at radius 2 is 2.17 bits per heavy atom. The van der Waals surface area contributed by atoms with E-state index in [0.29, 0.717) is 31.1 Å². The van der Waals surface area contributed by atoms with Crippen LogP contribution in [0.3, 0.4) is 0 Å². The number of carboxylic acid groups (broad SMARTS) is 1. The molecule has 0 aliphatic carbocycles. The minimum atomic E-state index is -0.843. The Kier molecular flexibility index (Phi) is 3.39. The molecule has 0 spiro atoms. The molecule has 23 heavy (non-hydrogen) atoms. The van der Waals surface area contributed by atoms with Crippen molar-refractivity contribution in [3.8, 4) is 0 Å². The summed E-state index contributed by atoms with van der Waals surface area (Å²) in [6.07, 6.45) is 0.475. The van der Waals surface area contributed by atoms with Crippen LogP contribution >= 0.6 is 11.3 Å². The first-order valence-corrected chi connectivity index (χ1v) is 8.51. The molecule has 2 aliphatic rings. The smallest absolute Gasteiger partial charge is 0.311 e. The van der Waals surface area contributed by atoms with E-state index in [1.807, 2.05) is 30.3 Å². The molecule has 2 fully saturated rings. The van der Waals surface area contributed by atoms with Crippen LogP contribution in [0.2, 0.25) is 0 Å². The van der Waals surface area contributed by atoms with E-state index in [4.69, 9.17) is 4.74 Å². The van der Waals surface area contributed by atoms with Gasteiger partial charge in [0.2, 0.25) is 0 Å². The van der Waals surface area contributed by atoms with E-state index in [1.165, 1.54) is 11.3 Å². The number of carbonyl (C=O) groups is 2. The number of aliphatic carboxylic acids is 1. The number of ether oxygens (including phenoxy) is 1. The van der Waals surface area contributed by atoms with Gasteiger partial charge in [0.1, 0.15) is 0 Å². The van der Waals surface area contributed by atoms with Crippen LogP contribution in [0.5, 0.6) is 0 Å². The van der Waals surface area contributed by atoms with Gasteiger partial charge in [-0.1, -0.05) is 18.2 Å². The monoisotopic (exact) mass is 331 g/mol. The van der Waals surface area contributed by atoms with Crippen molar-refractivity contribution in [3.05, 3.63) is 35.2 Å². The van der Waals surface area contributed by atoms with Crippen LogP contribution < -0.4 is 0 Å². The summed E-state index contributed by atoms with van der Waals surface area (Å²) in [4.78, 5) is 27.0. The molecular weight excluding hydrogens is 314 g/mol. The Morgan fingerprint density at radius 3 is 2.91 bits per heavy atom.